The fraction of sp³-hybridized carbons (Fsp3) is 0.688. The van der Waals surface area contributed by atoms with E-state index in [0.29, 0.717) is 37.7 Å². The fourth-order valence-electron chi connectivity index (χ4n) is 15.0. The van der Waals surface area contributed by atoms with E-state index in [9.17, 15) is 44.4 Å². The Morgan fingerprint density at radius 2 is 1.50 bits per heavy atom. The van der Waals surface area contributed by atoms with Crippen molar-refractivity contribution in [3.8, 4) is 0 Å². The molecule has 0 radical (unpaired) electrons. The van der Waals surface area contributed by atoms with E-state index in [-0.39, 0.29) is 66.2 Å². The summed E-state index contributed by atoms with van der Waals surface area (Å²) in [5, 5.41) is 47.6. The second-order valence-electron chi connectivity index (χ2n) is 20.9. The second-order valence-corrected chi connectivity index (χ2v) is 20.9. The van der Waals surface area contributed by atoms with E-state index in [4.69, 9.17) is 15.2 Å². The molecule has 8 rings (SSSR count). The van der Waals surface area contributed by atoms with Gasteiger partial charge >= 0.3 is 5.97 Å². The Morgan fingerprint density at radius 3 is 2.19 bits per heavy atom. The standard InChI is InChI=1S/C48H62FNO11.H2O/c1-25-17-34-33-10-8-28-20-30(52)12-15-43(28,4)47(33,49)37(54)22-45(34,6)48(25,59)39(56)24-61-41(57)35(50)18-26(2)60-23-38(55)46(58)16-13-32-31-9-7-27-19-29(51)11-14-42(27,3)40(31)36(53)21-44(32,46)5;/h11-12,14-15,19-20,25,31-37,40,53-54,58-59H,2,7-10,13,16-18,21-24,50H2,1,3-6H3;1H2/t25-,31?,32?,33?,34?,35-,36+,37+,40?,42+,43+,44+,45+,46+,47+,48+;/m1./s1. The van der Waals surface area contributed by atoms with E-state index in [1.54, 1.807) is 39.0 Å². The van der Waals surface area contributed by atoms with Crippen molar-refractivity contribution in [3.63, 3.8) is 0 Å². The first-order valence-electron chi connectivity index (χ1n) is 22.1. The van der Waals surface area contributed by atoms with Gasteiger partial charge in [0.25, 0.3) is 0 Å². The fourth-order valence-corrected chi connectivity index (χ4v) is 15.0. The molecule has 0 aliphatic heterocycles. The minimum atomic E-state index is -2.13. The molecule has 6 fully saturated rings. The largest absolute Gasteiger partial charge is 0.491 e. The number of carbonyl (C=O) groups excluding carboxylic acids is 5. The summed E-state index contributed by atoms with van der Waals surface area (Å²) in [4.78, 5) is 65.3. The molecule has 0 aromatic heterocycles. The summed E-state index contributed by atoms with van der Waals surface area (Å²) in [6, 6.07) is -1.35. The lowest BCUT2D eigenvalue weighted by Gasteiger charge is -2.62. The summed E-state index contributed by atoms with van der Waals surface area (Å²) in [6.07, 6.45) is 10.1. The molecule has 0 spiro atoms. The number of hydrogen-bond acceptors (Lipinski definition) is 12. The number of carbonyl (C=O) groups is 5. The van der Waals surface area contributed by atoms with Crippen LogP contribution in [0.2, 0.25) is 0 Å². The molecule has 340 valence electrons. The van der Waals surface area contributed by atoms with Crippen LogP contribution in [-0.2, 0) is 33.4 Å². The van der Waals surface area contributed by atoms with Crippen LogP contribution in [0.1, 0.15) is 98.8 Å². The van der Waals surface area contributed by atoms with Crippen molar-refractivity contribution in [2.24, 2.45) is 62.9 Å². The van der Waals surface area contributed by atoms with E-state index in [1.165, 1.54) is 12.2 Å². The van der Waals surface area contributed by atoms with Crippen LogP contribution in [0.4, 0.5) is 4.39 Å². The van der Waals surface area contributed by atoms with Crippen LogP contribution in [0.5, 0.6) is 0 Å². The Bertz CT molecular complexity index is 2100. The number of Topliss-reactive ketones (excluding diaryl/α,β-unsaturated/α-hetero) is 2. The van der Waals surface area contributed by atoms with Crippen LogP contribution in [0, 0.1) is 57.2 Å². The lowest BCUT2D eigenvalue weighted by molar-refractivity contribution is -0.220. The summed E-state index contributed by atoms with van der Waals surface area (Å²) in [7, 11) is 0. The van der Waals surface area contributed by atoms with Gasteiger partial charge in [-0.2, -0.15) is 0 Å². The third-order valence-electron chi connectivity index (χ3n) is 18.3. The molecule has 16 atom stereocenters. The monoisotopic (exact) mass is 865 g/mol. The van der Waals surface area contributed by atoms with Gasteiger partial charge in [-0.25, -0.2) is 4.39 Å². The maximum atomic E-state index is 17.5. The highest BCUT2D eigenvalue weighted by molar-refractivity contribution is 6.02. The molecule has 0 aromatic carbocycles. The molecule has 6 saturated carbocycles. The number of halogens is 1. The van der Waals surface area contributed by atoms with Crippen molar-refractivity contribution in [2.45, 2.75) is 134 Å². The summed E-state index contributed by atoms with van der Waals surface area (Å²) in [5.41, 5.74) is -2.06. The first-order chi connectivity index (χ1) is 28.4. The number of ether oxygens (including phenoxy) is 2. The molecule has 62 heavy (non-hydrogen) atoms. The van der Waals surface area contributed by atoms with Crippen LogP contribution in [0.3, 0.4) is 0 Å². The average Bonchev–Trinajstić information content (AvgIpc) is 3.58. The first kappa shape index (κ1) is 46.3. The first-order valence-corrected chi connectivity index (χ1v) is 22.1. The Kier molecular flexibility index (Phi) is 11.4. The number of allylic oxidation sites excluding steroid dienone is 8. The molecule has 0 aromatic rings. The van der Waals surface area contributed by atoms with Crippen molar-refractivity contribution in [1.82, 2.24) is 0 Å². The SMILES string of the molecule is C=C(C[C@@H](N)C(=O)OCC(=O)[C@@]1(O)[C@H](C)CC2C3CCC4=CC(=O)C=C[C@]4(C)[C@@]3(F)[C@@H](O)C[C@@]21C)OCC(=O)[C@@]1(O)CCC2C3CCC4=CC(=O)C=C[C@]4(C)C3[C@@H](O)C[C@@]21C.O. The maximum Gasteiger partial charge on any atom is 0.323 e. The van der Waals surface area contributed by atoms with Gasteiger partial charge in [0.15, 0.2) is 23.8 Å². The third-order valence-corrected chi connectivity index (χ3v) is 18.3. The van der Waals surface area contributed by atoms with Gasteiger partial charge in [0.2, 0.25) is 11.6 Å². The van der Waals surface area contributed by atoms with Crippen molar-refractivity contribution in [1.29, 1.82) is 0 Å². The average molecular weight is 866 g/mol. The highest BCUT2D eigenvalue weighted by atomic mass is 19.1. The van der Waals surface area contributed by atoms with Crippen LogP contribution >= 0.6 is 0 Å². The molecular weight excluding hydrogens is 802 g/mol. The quantitative estimate of drug-likeness (QED) is 0.157. The normalized spacial score (nSPS) is 46.6. The molecule has 8 N–H and O–H groups in total. The predicted octanol–water partition coefficient (Wildman–Crippen LogP) is 3.45. The van der Waals surface area contributed by atoms with Crippen molar-refractivity contribution in [3.05, 3.63) is 59.9 Å². The number of ketones is 4. The predicted molar refractivity (Wildman–Crippen MR) is 223 cm³/mol. The Hall–Kier alpha value is -3.66. The van der Waals surface area contributed by atoms with Crippen molar-refractivity contribution < 1.29 is 63.7 Å². The highest BCUT2D eigenvalue weighted by Crippen LogP contribution is 2.71. The number of rotatable bonds is 10. The van der Waals surface area contributed by atoms with Crippen molar-refractivity contribution in [2.75, 3.05) is 13.2 Å². The molecule has 14 heteroatoms. The lowest BCUT2D eigenvalue weighted by atomic mass is 9.44. The minimum absolute atomic E-state index is 0. The Morgan fingerprint density at radius 1 is 0.871 bits per heavy atom. The van der Waals surface area contributed by atoms with Gasteiger partial charge < -0.3 is 41.1 Å². The van der Waals surface area contributed by atoms with Gasteiger partial charge in [-0.3, -0.25) is 24.0 Å². The van der Waals surface area contributed by atoms with Gasteiger partial charge in [-0.1, -0.05) is 57.6 Å². The molecule has 0 bridgehead atoms. The van der Waals surface area contributed by atoms with Gasteiger partial charge in [0.1, 0.15) is 23.9 Å². The van der Waals surface area contributed by atoms with E-state index < -0.39 is 105 Å². The van der Waals surface area contributed by atoms with E-state index in [0.717, 1.165) is 12.0 Å². The smallest absolute Gasteiger partial charge is 0.323 e. The van der Waals surface area contributed by atoms with E-state index in [2.05, 4.69) is 13.5 Å². The summed E-state index contributed by atoms with van der Waals surface area (Å²) < 4.78 is 28.6. The minimum Gasteiger partial charge on any atom is -0.491 e. The molecule has 8 aliphatic carbocycles. The van der Waals surface area contributed by atoms with Gasteiger partial charge in [-0.15, -0.1) is 0 Å². The Balaban J connectivity index is 0.00000578. The molecule has 0 amide bonds. The van der Waals surface area contributed by atoms with Crippen LogP contribution in [0.15, 0.2) is 59.9 Å². The zero-order valence-electron chi connectivity index (χ0n) is 36.5. The molecule has 13 nitrogen and oxygen atoms in total. The number of hydrogen-bond donors (Lipinski definition) is 5. The number of alkyl halides is 1. The summed E-state index contributed by atoms with van der Waals surface area (Å²) in [6.45, 7) is 11.5. The molecule has 0 saturated heterocycles. The number of esters is 1. The number of aliphatic hydroxyl groups excluding tert-OH is 2. The molecule has 5 unspecified atom stereocenters. The molecule has 0 heterocycles. The zero-order chi connectivity index (χ0) is 44.5. The van der Waals surface area contributed by atoms with Gasteiger partial charge in [0.05, 0.1) is 18.0 Å². The van der Waals surface area contributed by atoms with E-state index >= 15 is 4.39 Å². The number of nitrogens with two attached hydrogens (primary N) is 1. The third kappa shape index (κ3) is 6.16. The maximum absolute atomic E-state index is 17.5. The van der Waals surface area contributed by atoms with Gasteiger partial charge in [0, 0.05) is 39.9 Å². The zero-order valence-corrected chi connectivity index (χ0v) is 36.5. The van der Waals surface area contributed by atoms with E-state index in [1.807, 2.05) is 13.0 Å². The summed E-state index contributed by atoms with van der Waals surface area (Å²) >= 11 is 0. The molecule has 8 aliphatic rings. The summed E-state index contributed by atoms with van der Waals surface area (Å²) in [5.74, 6) is -4.65. The lowest BCUT2D eigenvalue weighted by Crippen LogP contribution is -2.69. The highest BCUT2D eigenvalue weighted by Gasteiger charge is 2.76. The number of aliphatic hydroxyl groups is 4. The van der Waals surface area contributed by atoms with Crippen molar-refractivity contribution >= 4 is 29.1 Å². The van der Waals surface area contributed by atoms with Gasteiger partial charge in [-0.05, 0) is 113 Å². The topological polar surface area (TPSA) is 242 Å². The number of fused-ring (bicyclic) bond motifs is 10. The van der Waals surface area contributed by atoms with Crippen LogP contribution < -0.4 is 5.73 Å². The molecular formula is C48H64FNO12. The Labute approximate surface area is 362 Å². The van der Waals surface area contributed by atoms with Crippen LogP contribution in [0.25, 0.3) is 0 Å². The van der Waals surface area contributed by atoms with Crippen LogP contribution in [-0.4, -0.2) is 103 Å². The second kappa shape index (κ2) is 15.2.